The molecule has 174 valence electrons. The first kappa shape index (κ1) is 22.7. The van der Waals surface area contributed by atoms with Crippen molar-refractivity contribution in [2.75, 3.05) is 38.1 Å². The zero-order valence-electron chi connectivity index (χ0n) is 19.8. The summed E-state index contributed by atoms with van der Waals surface area (Å²) in [5, 5.41) is 10.6. The van der Waals surface area contributed by atoms with E-state index in [1.807, 2.05) is 18.2 Å². The fraction of sp³-hybridized carbons (Fsp3) is 0.360. The maximum Gasteiger partial charge on any atom is 0.324 e. The molecule has 0 spiro atoms. The second-order valence-electron chi connectivity index (χ2n) is 9.45. The van der Waals surface area contributed by atoms with Crippen LogP contribution in [0, 0.1) is 0 Å². The monoisotopic (exact) mass is 449 g/mol. The van der Waals surface area contributed by atoms with Crippen LogP contribution in [0.2, 0.25) is 0 Å². The van der Waals surface area contributed by atoms with Gasteiger partial charge in [-0.05, 0) is 50.3 Å². The lowest BCUT2D eigenvalue weighted by Crippen LogP contribution is -2.21. The predicted molar refractivity (Wildman–Crippen MR) is 130 cm³/mol. The van der Waals surface area contributed by atoms with Gasteiger partial charge in [0.1, 0.15) is 5.82 Å². The Hall–Kier alpha value is -3.52. The topological polar surface area (TPSA) is 80.7 Å². The molecule has 2 aromatic carbocycles. The highest BCUT2D eigenvalue weighted by Gasteiger charge is 2.22. The minimum Gasteiger partial charge on any atom is -0.454 e. The fourth-order valence-corrected chi connectivity index (χ4v) is 3.48. The van der Waals surface area contributed by atoms with Crippen molar-refractivity contribution in [3.63, 3.8) is 0 Å². The van der Waals surface area contributed by atoms with Gasteiger partial charge in [0.15, 0.2) is 11.5 Å². The van der Waals surface area contributed by atoms with Gasteiger partial charge in [0.25, 0.3) is 0 Å². The van der Waals surface area contributed by atoms with E-state index in [9.17, 15) is 4.79 Å². The van der Waals surface area contributed by atoms with Crippen LogP contribution in [-0.2, 0) is 11.8 Å². The van der Waals surface area contributed by atoms with E-state index in [0.717, 1.165) is 24.3 Å². The van der Waals surface area contributed by atoms with Crippen molar-refractivity contribution in [1.29, 1.82) is 0 Å². The van der Waals surface area contributed by atoms with Crippen molar-refractivity contribution in [2.45, 2.75) is 32.6 Å². The minimum atomic E-state index is -0.362. The van der Waals surface area contributed by atoms with Crippen LogP contribution in [0.3, 0.4) is 0 Å². The number of amides is 2. The molecule has 8 nitrogen and oxygen atoms in total. The number of hydrogen-bond donors (Lipinski definition) is 2. The molecule has 2 N–H and O–H groups in total. The molecule has 4 rings (SSSR count). The third-order valence-electron chi connectivity index (χ3n) is 5.35. The molecule has 2 heterocycles. The number of rotatable bonds is 6. The number of urea groups is 1. The SMILES string of the molecule is CN(C)CCc1cccc(-n2nc(C(C)(C)C)cc2NC(=O)Nc2ccc3c(c2)OCO3)c1. The third-order valence-corrected chi connectivity index (χ3v) is 5.35. The number of nitrogens with zero attached hydrogens (tertiary/aromatic N) is 3. The normalized spacial score (nSPS) is 12.8. The van der Waals surface area contributed by atoms with Crippen LogP contribution in [0.15, 0.2) is 48.5 Å². The molecular weight excluding hydrogens is 418 g/mol. The zero-order valence-corrected chi connectivity index (χ0v) is 19.8. The van der Waals surface area contributed by atoms with Crippen LogP contribution >= 0.6 is 0 Å². The van der Waals surface area contributed by atoms with E-state index in [0.29, 0.717) is 23.0 Å². The molecular formula is C25H31N5O3. The van der Waals surface area contributed by atoms with E-state index in [4.69, 9.17) is 14.6 Å². The number of carbonyl (C=O) groups excluding carboxylic acids is 1. The van der Waals surface area contributed by atoms with E-state index < -0.39 is 0 Å². The number of anilines is 2. The maximum atomic E-state index is 12.8. The van der Waals surface area contributed by atoms with E-state index >= 15 is 0 Å². The zero-order chi connectivity index (χ0) is 23.6. The molecule has 0 atom stereocenters. The highest BCUT2D eigenvalue weighted by molar-refractivity contribution is 5.99. The first-order valence-electron chi connectivity index (χ1n) is 11.0. The Morgan fingerprint density at radius 3 is 2.61 bits per heavy atom. The molecule has 0 aliphatic carbocycles. The summed E-state index contributed by atoms with van der Waals surface area (Å²) >= 11 is 0. The molecule has 8 heteroatoms. The van der Waals surface area contributed by atoms with Crippen molar-refractivity contribution in [1.82, 2.24) is 14.7 Å². The van der Waals surface area contributed by atoms with Gasteiger partial charge in [-0.25, -0.2) is 9.48 Å². The molecule has 0 saturated heterocycles. The summed E-state index contributed by atoms with van der Waals surface area (Å²) in [4.78, 5) is 15.0. The molecule has 0 unspecified atom stereocenters. The molecule has 0 fully saturated rings. The number of fused-ring (bicyclic) bond motifs is 1. The van der Waals surface area contributed by atoms with Crippen molar-refractivity contribution < 1.29 is 14.3 Å². The van der Waals surface area contributed by atoms with Crippen molar-refractivity contribution in [3.05, 3.63) is 59.8 Å². The second kappa shape index (κ2) is 9.15. The Balaban J connectivity index is 1.58. The van der Waals surface area contributed by atoms with Gasteiger partial charge in [0, 0.05) is 29.8 Å². The summed E-state index contributed by atoms with van der Waals surface area (Å²) in [5.74, 6) is 1.88. The van der Waals surface area contributed by atoms with Crippen LogP contribution in [0.5, 0.6) is 11.5 Å². The van der Waals surface area contributed by atoms with Crippen LogP contribution < -0.4 is 20.1 Å². The molecule has 2 amide bonds. The van der Waals surface area contributed by atoms with E-state index in [2.05, 4.69) is 62.5 Å². The lowest BCUT2D eigenvalue weighted by Gasteiger charge is -2.14. The molecule has 0 saturated carbocycles. The van der Waals surface area contributed by atoms with Gasteiger partial charge in [0.05, 0.1) is 11.4 Å². The first-order valence-corrected chi connectivity index (χ1v) is 11.0. The number of nitrogens with one attached hydrogen (secondary N) is 2. The summed E-state index contributed by atoms with van der Waals surface area (Å²) in [6.45, 7) is 7.45. The molecule has 33 heavy (non-hydrogen) atoms. The molecule has 1 aliphatic rings. The van der Waals surface area contributed by atoms with Gasteiger partial charge < -0.3 is 19.7 Å². The van der Waals surface area contributed by atoms with Crippen LogP contribution in [-0.4, -0.2) is 48.1 Å². The van der Waals surface area contributed by atoms with Gasteiger partial charge in [-0.15, -0.1) is 0 Å². The van der Waals surface area contributed by atoms with Gasteiger partial charge in [-0.1, -0.05) is 32.9 Å². The minimum absolute atomic E-state index is 0.169. The Morgan fingerprint density at radius 1 is 1.06 bits per heavy atom. The Kier molecular flexibility index (Phi) is 6.29. The lowest BCUT2D eigenvalue weighted by atomic mass is 9.92. The Bertz CT molecular complexity index is 1150. The smallest absolute Gasteiger partial charge is 0.324 e. The molecule has 1 aliphatic heterocycles. The van der Waals surface area contributed by atoms with Crippen molar-refractivity contribution in [2.24, 2.45) is 0 Å². The average Bonchev–Trinajstić information content (AvgIpc) is 3.39. The summed E-state index contributed by atoms with van der Waals surface area (Å²) in [7, 11) is 4.13. The number of ether oxygens (including phenoxy) is 2. The molecule has 0 radical (unpaired) electrons. The Labute approximate surface area is 194 Å². The van der Waals surface area contributed by atoms with Gasteiger partial charge in [-0.3, -0.25) is 5.32 Å². The number of likely N-dealkylation sites (N-methyl/N-ethyl adjacent to an activating group) is 1. The van der Waals surface area contributed by atoms with Crippen molar-refractivity contribution >= 4 is 17.5 Å². The van der Waals surface area contributed by atoms with Crippen LogP contribution in [0.25, 0.3) is 5.69 Å². The number of aromatic nitrogens is 2. The maximum absolute atomic E-state index is 12.8. The van der Waals surface area contributed by atoms with Crippen LogP contribution in [0.4, 0.5) is 16.3 Å². The number of carbonyl (C=O) groups is 1. The van der Waals surface area contributed by atoms with Gasteiger partial charge in [-0.2, -0.15) is 5.10 Å². The molecule has 1 aromatic heterocycles. The van der Waals surface area contributed by atoms with Gasteiger partial charge in [0.2, 0.25) is 6.79 Å². The standard InChI is InChI=1S/C25H31N5O3/c1-25(2,3)22-15-23(27-24(31)26-18-9-10-20-21(14-18)33-16-32-20)30(28-22)19-8-6-7-17(13-19)11-12-29(4)5/h6-10,13-15H,11-12,16H2,1-5H3,(H2,26,27,31). The fourth-order valence-electron chi connectivity index (χ4n) is 3.48. The number of hydrogen-bond acceptors (Lipinski definition) is 5. The summed E-state index contributed by atoms with van der Waals surface area (Å²) in [5.41, 5.74) is 3.45. The largest absolute Gasteiger partial charge is 0.454 e. The summed E-state index contributed by atoms with van der Waals surface area (Å²) < 4.78 is 12.5. The lowest BCUT2D eigenvalue weighted by molar-refractivity contribution is 0.174. The van der Waals surface area contributed by atoms with E-state index in [1.165, 1.54) is 5.56 Å². The Morgan fingerprint density at radius 2 is 1.85 bits per heavy atom. The highest BCUT2D eigenvalue weighted by atomic mass is 16.7. The first-order chi connectivity index (χ1) is 15.7. The summed E-state index contributed by atoms with van der Waals surface area (Å²) in [6, 6.07) is 15.1. The van der Waals surface area contributed by atoms with E-state index in [-0.39, 0.29) is 18.2 Å². The second-order valence-corrected chi connectivity index (χ2v) is 9.45. The highest BCUT2D eigenvalue weighted by Crippen LogP contribution is 2.34. The number of benzene rings is 2. The van der Waals surface area contributed by atoms with Crippen LogP contribution in [0.1, 0.15) is 32.0 Å². The third kappa shape index (κ3) is 5.46. The predicted octanol–water partition coefficient (Wildman–Crippen LogP) is 4.65. The van der Waals surface area contributed by atoms with E-state index in [1.54, 1.807) is 22.9 Å². The molecule has 3 aromatic rings. The van der Waals surface area contributed by atoms with Gasteiger partial charge >= 0.3 is 6.03 Å². The average molecular weight is 450 g/mol. The molecule has 0 bridgehead atoms. The van der Waals surface area contributed by atoms with Crippen molar-refractivity contribution in [3.8, 4) is 17.2 Å². The quantitative estimate of drug-likeness (QED) is 0.573. The summed E-state index contributed by atoms with van der Waals surface area (Å²) in [6.07, 6.45) is 0.932.